The molecule has 1 aromatic rings. The van der Waals surface area contributed by atoms with Gasteiger partial charge in [0.2, 0.25) is 6.79 Å². The number of hydrogen-bond acceptors (Lipinski definition) is 4. The number of rotatable bonds is 3. The molecule has 15 heavy (non-hydrogen) atoms. The summed E-state index contributed by atoms with van der Waals surface area (Å²) in [6.07, 6.45) is 0.790. The number of aromatic hydroxyl groups is 1. The molecule has 1 aliphatic rings. The highest BCUT2D eigenvalue weighted by Gasteiger charge is 2.23. The first kappa shape index (κ1) is 10.0. The van der Waals surface area contributed by atoms with E-state index in [1.165, 1.54) is 0 Å². The lowest BCUT2D eigenvalue weighted by Crippen LogP contribution is -1.96. The van der Waals surface area contributed by atoms with Crippen LogP contribution in [0.15, 0.2) is 6.07 Å². The Balaban J connectivity index is 2.41. The van der Waals surface area contributed by atoms with Gasteiger partial charge in [0.05, 0.1) is 0 Å². The molecule has 0 aromatic heterocycles. The molecule has 82 valence electrons. The molecule has 1 aliphatic heterocycles. The van der Waals surface area contributed by atoms with Crippen LogP contribution in [-0.2, 0) is 6.42 Å². The van der Waals surface area contributed by atoms with Gasteiger partial charge < -0.3 is 19.7 Å². The maximum absolute atomic E-state index is 13.2. The lowest BCUT2D eigenvalue weighted by Gasteiger charge is -2.08. The topological polar surface area (TPSA) is 58.9 Å². The molecule has 0 atom stereocenters. The van der Waals surface area contributed by atoms with E-state index in [2.05, 4.69) is 0 Å². The van der Waals surface area contributed by atoms with Gasteiger partial charge in [-0.2, -0.15) is 0 Å². The second-order valence-electron chi connectivity index (χ2n) is 3.25. The Morgan fingerprint density at radius 2 is 2.20 bits per heavy atom. The number of fused-ring (bicyclic) bond motifs is 1. The Morgan fingerprint density at radius 1 is 1.40 bits per heavy atom. The maximum atomic E-state index is 13.2. The van der Waals surface area contributed by atoms with E-state index in [0.29, 0.717) is 29.9 Å². The fourth-order valence-corrected chi connectivity index (χ4v) is 1.55. The summed E-state index contributed by atoms with van der Waals surface area (Å²) in [6.45, 7) is 0.00986. The highest BCUT2D eigenvalue weighted by molar-refractivity contribution is 5.55. The summed E-state index contributed by atoms with van der Waals surface area (Å²) in [5.74, 6) is -0.472. The Hall–Kier alpha value is -1.49. The summed E-state index contributed by atoms with van der Waals surface area (Å²) in [6, 6.07) is 1.10. The van der Waals surface area contributed by atoms with Gasteiger partial charge in [-0.25, -0.2) is 4.39 Å². The number of aliphatic hydroxyl groups excluding tert-OH is 1. The number of halogens is 1. The standard InChI is InChI=1S/C10H11FO4/c11-7-4-8-10(15-5-14-8)6(9(7)13)2-1-3-12/h4,12-13H,1-3,5H2. The zero-order chi connectivity index (χ0) is 10.8. The summed E-state index contributed by atoms with van der Waals surface area (Å²) >= 11 is 0. The van der Waals surface area contributed by atoms with Gasteiger partial charge in [-0.05, 0) is 12.8 Å². The van der Waals surface area contributed by atoms with Crippen LogP contribution in [0.5, 0.6) is 17.2 Å². The molecule has 0 aliphatic carbocycles. The van der Waals surface area contributed by atoms with Crippen molar-refractivity contribution in [1.29, 1.82) is 0 Å². The molecule has 0 saturated heterocycles. The third-order valence-electron chi connectivity index (χ3n) is 2.27. The summed E-state index contributed by atoms with van der Waals surface area (Å²) in [5, 5.41) is 18.2. The third kappa shape index (κ3) is 1.70. The van der Waals surface area contributed by atoms with Gasteiger partial charge in [-0.1, -0.05) is 0 Å². The molecule has 5 heteroatoms. The van der Waals surface area contributed by atoms with Crippen LogP contribution >= 0.6 is 0 Å². The van der Waals surface area contributed by atoms with Crippen LogP contribution in [0.25, 0.3) is 0 Å². The molecular weight excluding hydrogens is 203 g/mol. The molecule has 0 unspecified atom stereocenters. The number of benzene rings is 1. The highest BCUT2D eigenvalue weighted by Crippen LogP contribution is 2.42. The molecule has 2 rings (SSSR count). The molecule has 0 spiro atoms. The van der Waals surface area contributed by atoms with Gasteiger partial charge >= 0.3 is 0 Å². The fourth-order valence-electron chi connectivity index (χ4n) is 1.55. The van der Waals surface area contributed by atoms with Crippen LogP contribution in [0.4, 0.5) is 4.39 Å². The minimum absolute atomic E-state index is 0.0222. The zero-order valence-corrected chi connectivity index (χ0v) is 7.99. The zero-order valence-electron chi connectivity index (χ0n) is 7.99. The molecule has 0 bridgehead atoms. The number of ether oxygens (including phenoxy) is 2. The van der Waals surface area contributed by atoms with Crippen LogP contribution in [0, 0.1) is 5.82 Å². The third-order valence-corrected chi connectivity index (χ3v) is 2.27. The first-order chi connectivity index (χ1) is 7.24. The predicted octanol–water partition coefficient (Wildman–Crippen LogP) is 1.18. The van der Waals surface area contributed by atoms with E-state index in [1.807, 2.05) is 0 Å². The van der Waals surface area contributed by atoms with E-state index in [9.17, 15) is 9.50 Å². The maximum Gasteiger partial charge on any atom is 0.231 e. The van der Waals surface area contributed by atoms with Crippen molar-refractivity contribution in [3.63, 3.8) is 0 Å². The molecule has 2 N–H and O–H groups in total. The van der Waals surface area contributed by atoms with E-state index >= 15 is 0 Å². The van der Waals surface area contributed by atoms with Crippen molar-refractivity contribution in [2.45, 2.75) is 12.8 Å². The van der Waals surface area contributed by atoms with Crippen molar-refractivity contribution in [2.24, 2.45) is 0 Å². The summed E-state index contributed by atoms with van der Waals surface area (Å²) < 4.78 is 23.4. The van der Waals surface area contributed by atoms with Crippen molar-refractivity contribution >= 4 is 0 Å². The molecule has 1 aromatic carbocycles. The van der Waals surface area contributed by atoms with Gasteiger partial charge in [-0.15, -0.1) is 0 Å². The van der Waals surface area contributed by atoms with Gasteiger partial charge in [0.25, 0.3) is 0 Å². The largest absolute Gasteiger partial charge is 0.505 e. The lowest BCUT2D eigenvalue weighted by atomic mass is 10.1. The Labute approximate surface area is 85.9 Å². The monoisotopic (exact) mass is 214 g/mol. The number of phenols is 1. The first-order valence-corrected chi connectivity index (χ1v) is 4.65. The molecule has 0 fully saturated rings. The van der Waals surface area contributed by atoms with Gasteiger partial charge in [0.1, 0.15) is 0 Å². The molecular formula is C10H11FO4. The van der Waals surface area contributed by atoms with Crippen molar-refractivity contribution in [1.82, 2.24) is 0 Å². The Bertz CT molecular complexity index is 378. The van der Waals surface area contributed by atoms with E-state index in [4.69, 9.17) is 14.6 Å². The Kier molecular flexibility index (Phi) is 2.64. The van der Waals surface area contributed by atoms with Gasteiger partial charge in [0, 0.05) is 18.2 Å². The van der Waals surface area contributed by atoms with E-state index in [1.54, 1.807) is 0 Å². The van der Waals surface area contributed by atoms with Crippen molar-refractivity contribution in [2.75, 3.05) is 13.4 Å². The van der Waals surface area contributed by atoms with E-state index < -0.39 is 11.6 Å². The van der Waals surface area contributed by atoms with Crippen LogP contribution in [0.3, 0.4) is 0 Å². The van der Waals surface area contributed by atoms with Crippen LogP contribution in [0.1, 0.15) is 12.0 Å². The quantitative estimate of drug-likeness (QED) is 0.793. The second-order valence-corrected chi connectivity index (χ2v) is 3.25. The number of phenolic OH excluding ortho intramolecular Hbond substituents is 1. The average Bonchev–Trinajstić information content (AvgIpc) is 2.66. The smallest absolute Gasteiger partial charge is 0.231 e. The minimum Gasteiger partial charge on any atom is -0.505 e. The molecule has 1 heterocycles. The fraction of sp³-hybridized carbons (Fsp3) is 0.400. The lowest BCUT2D eigenvalue weighted by molar-refractivity contribution is 0.173. The van der Waals surface area contributed by atoms with E-state index in [0.717, 1.165) is 6.07 Å². The summed E-state index contributed by atoms with van der Waals surface area (Å²) in [5.41, 5.74) is 0.358. The van der Waals surface area contributed by atoms with Crippen LogP contribution in [-0.4, -0.2) is 23.6 Å². The first-order valence-electron chi connectivity index (χ1n) is 4.65. The van der Waals surface area contributed by atoms with Crippen molar-refractivity contribution in [3.8, 4) is 17.2 Å². The van der Waals surface area contributed by atoms with Crippen LogP contribution in [0.2, 0.25) is 0 Å². The normalized spacial score (nSPS) is 13.2. The second kappa shape index (κ2) is 3.94. The molecule has 0 radical (unpaired) electrons. The average molecular weight is 214 g/mol. The minimum atomic E-state index is -0.729. The molecule has 4 nitrogen and oxygen atoms in total. The van der Waals surface area contributed by atoms with E-state index in [-0.39, 0.29) is 13.4 Å². The van der Waals surface area contributed by atoms with Gasteiger partial charge in [0.15, 0.2) is 23.1 Å². The highest BCUT2D eigenvalue weighted by atomic mass is 19.1. The number of aliphatic hydroxyl groups is 1. The SMILES string of the molecule is OCCCc1c(O)c(F)cc2c1OCO2. The Morgan fingerprint density at radius 3 is 2.93 bits per heavy atom. The van der Waals surface area contributed by atoms with Gasteiger partial charge in [-0.3, -0.25) is 0 Å². The predicted molar refractivity (Wildman–Crippen MR) is 49.6 cm³/mol. The molecule has 0 saturated carbocycles. The summed E-state index contributed by atoms with van der Waals surface area (Å²) in [4.78, 5) is 0. The van der Waals surface area contributed by atoms with Crippen molar-refractivity contribution < 1.29 is 24.1 Å². The van der Waals surface area contributed by atoms with Crippen LogP contribution < -0.4 is 9.47 Å². The molecule has 0 amide bonds. The number of hydrogen-bond donors (Lipinski definition) is 2. The summed E-state index contributed by atoms with van der Waals surface area (Å²) in [7, 11) is 0. The van der Waals surface area contributed by atoms with Crippen molar-refractivity contribution in [3.05, 3.63) is 17.4 Å².